The molecule has 2 aromatic carbocycles. The van der Waals surface area contributed by atoms with Gasteiger partial charge in [-0.15, -0.1) is 0 Å². The lowest BCUT2D eigenvalue weighted by atomic mass is 10.1. The van der Waals surface area contributed by atoms with Crippen molar-refractivity contribution in [2.45, 2.75) is 17.7 Å². The summed E-state index contributed by atoms with van der Waals surface area (Å²) in [7, 11) is -3.15. The molecule has 146 valence electrons. The number of amides is 1. The van der Waals surface area contributed by atoms with Crippen LogP contribution in [0.1, 0.15) is 5.56 Å². The van der Waals surface area contributed by atoms with Crippen LogP contribution in [0.15, 0.2) is 53.5 Å². The molecule has 2 aliphatic rings. The Morgan fingerprint density at radius 3 is 2.64 bits per heavy atom. The average Bonchev–Trinajstić information content (AvgIpc) is 3.09. The number of aliphatic imine (C=N–C) groups is 1. The van der Waals surface area contributed by atoms with Gasteiger partial charge in [0.1, 0.15) is 0 Å². The third kappa shape index (κ3) is 4.08. The van der Waals surface area contributed by atoms with E-state index in [2.05, 4.69) is 4.99 Å². The van der Waals surface area contributed by atoms with Crippen LogP contribution in [-0.2, 0) is 21.1 Å². The fourth-order valence-electron chi connectivity index (χ4n) is 3.43. The highest BCUT2D eigenvalue weighted by molar-refractivity contribution is 8.16. The first-order valence-corrected chi connectivity index (χ1v) is 12.0. The second-order valence-electron chi connectivity index (χ2n) is 6.72. The van der Waals surface area contributed by atoms with Crippen LogP contribution in [0, 0.1) is 0 Å². The number of thioether (sulfide) groups is 1. The third-order valence-corrected chi connectivity index (χ3v) is 8.42. The molecular weight excluding hydrogens is 439 g/mol. The molecule has 0 N–H and O–H groups in total. The van der Waals surface area contributed by atoms with Gasteiger partial charge in [-0.2, -0.15) is 4.99 Å². The quantitative estimate of drug-likeness (QED) is 0.704. The van der Waals surface area contributed by atoms with Gasteiger partial charge in [-0.25, -0.2) is 8.42 Å². The number of amidine groups is 1. The van der Waals surface area contributed by atoms with Crippen molar-refractivity contribution < 1.29 is 13.2 Å². The molecule has 2 aliphatic heterocycles. The monoisotopic (exact) mass is 454 g/mol. The maximum atomic E-state index is 12.5. The molecule has 0 radical (unpaired) electrons. The predicted octanol–water partition coefficient (Wildman–Crippen LogP) is 3.84. The van der Waals surface area contributed by atoms with Crippen LogP contribution in [0.2, 0.25) is 10.0 Å². The van der Waals surface area contributed by atoms with Gasteiger partial charge in [-0.1, -0.05) is 65.3 Å². The van der Waals surface area contributed by atoms with E-state index < -0.39 is 9.84 Å². The molecule has 4 rings (SSSR count). The van der Waals surface area contributed by atoms with Gasteiger partial charge in [0.05, 0.1) is 34.7 Å². The van der Waals surface area contributed by atoms with E-state index in [0.717, 1.165) is 5.56 Å². The smallest absolute Gasteiger partial charge is 0.252 e. The van der Waals surface area contributed by atoms with Gasteiger partial charge >= 0.3 is 0 Å². The van der Waals surface area contributed by atoms with Gasteiger partial charge < -0.3 is 4.90 Å². The zero-order chi connectivity index (χ0) is 19.9. The Morgan fingerprint density at radius 1 is 1.14 bits per heavy atom. The molecule has 2 heterocycles. The summed E-state index contributed by atoms with van der Waals surface area (Å²) in [5.74, 6) is -0.234. The van der Waals surface area contributed by atoms with Gasteiger partial charge in [0.15, 0.2) is 15.0 Å². The Morgan fingerprint density at radius 2 is 1.89 bits per heavy atom. The van der Waals surface area contributed by atoms with Crippen LogP contribution in [0.5, 0.6) is 0 Å². The summed E-state index contributed by atoms with van der Waals surface area (Å²) in [5, 5.41) is 1.18. The minimum atomic E-state index is -3.15. The SMILES string of the molecule is O=C(Cc1ccccc1)N=C1S[C@H]2CS(=O)(=O)C[C@H]2N1c1cc(Cl)ccc1Cl. The van der Waals surface area contributed by atoms with Crippen molar-refractivity contribution in [1.82, 2.24) is 0 Å². The molecule has 2 fully saturated rings. The van der Waals surface area contributed by atoms with Crippen molar-refractivity contribution in [2.75, 3.05) is 16.4 Å². The summed E-state index contributed by atoms with van der Waals surface area (Å²) < 4.78 is 24.3. The van der Waals surface area contributed by atoms with Gasteiger partial charge in [0, 0.05) is 10.3 Å². The van der Waals surface area contributed by atoms with Crippen LogP contribution in [0.4, 0.5) is 5.69 Å². The number of rotatable bonds is 3. The number of carbonyl (C=O) groups excluding carboxylic acids is 1. The van der Waals surface area contributed by atoms with Crippen molar-refractivity contribution in [3.63, 3.8) is 0 Å². The largest absolute Gasteiger partial charge is 0.314 e. The number of carbonyl (C=O) groups is 1. The van der Waals surface area contributed by atoms with Crippen LogP contribution in [0.3, 0.4) is 0 Å². The van der Waals surface area contributed by atoms with Gasteiger partial charge in [-0.3, -0.25) is 4.79 Å². The molecule has 0 spiro atoms. The molecule has 2 aromatic rings. The highest BCUT2D eigenvalue weighted by Crippen LogP contribution is 2.43. The van der Waals surface area contributed by atoms with Crippen LogP contribution >= 0.6 is 35.0 Å². The van der Waals surface area contributed by atoms with E-state index in [-0.39, 0.29) is 35.1 Å². The van der Waals surface area contributed by atoms with Crippen LogP contribution in [-0.4, -0.2) is 42.3 Å². The second kappa shape index (κ2) is 7.71. The summed E-state index contributed by atoms with van der Waals surface area (Å²) in [6.45, 7) is 0. The molecule has 5 nitrogen and oxygen atoms in total. The summed E-state index contributed by atoms with van der Waals surface area (Å²) >= 11 is 13.8. The Hall–Kier alpha value is -1.54. The van der Waals surface area contributed by atoms with Crippen LogP contribution in [0.25, 0.3) is 0 Å². The van der Waals surface area contributed by atoms with Gasteiger partial charge in [0.25, 0.3) is 5.91 Å². The number of sulfone groups is 1. The van der Waals surface area contributed by atoms with Crippen LogP contribution < -0.4 is 4.90 Å². The first kappa shape index (κ1) is 19.8. The number of halogens is 2. The number of anilines is 1. The molecule has 1 amide bonds. The molecule has 0 bridgehead atoms. The standard InChI is InChI=1S/C19H16Cl2N2O3S2/c20-13-6-7-14(21)15(9-13)23-16-10-28(25,26)11-17(16)27-19(23)22-18(24)8-12-4-2-1-3-5-12/h1-7,9,16-17H,8,10-11H2/t16-,17+/m1/s1. The molecule has 0 aromatic heterocycles. The highest BCUT2D eigenvalue weighted by atomic mass is 35.5. The van der Waals surface area contributed by atoms with Crippen molar-refractivity contribution in [3.8, 4) is 0 Å². The fraction of sp³-hybridized carbons (Fsp3) is 0.263. The zero-order valence-corrected chi connectivity index (χ0v) is 17.7. The number of hydrogen-bond acceptors (Lipinski definition) is 4. The van der Waals surface area contributed by atoms with Crippen molar-refractivity contribution >= 4 is 61.6 Å². The third-order valence-electron chi connectivity index (χ3n) is 4.65. The highest BCUT2D eigenvalue weighted by Gasteiger charge is 2.49. The number of hydrogen-bond donors (Lipinski definition) is 0. The normalized spacial score (nSPS) is 24.5. The predicted molar refractivity (Wildman–Crippen MR) is 115 cm³/mol. The molecule has 2 saturated heterocycles. The summed E-state index contributed by atoms with van der Waals surface area (Å²) in [6.07, 6.45) is 0.176. The first-order chi connectivity index (χ1) is 13.3. The number of benzene rings is 2. The van der Waals surface area contributed by atoms with Crippen molar-refractivity contribution in [1.29, 1.82) is 0 Å². The molecule has 0 saturated carbocycles. The molecule has 28 heavy (non-hydrogen) atoms. The first-order valence-electron chi connectivity index (χ1n) is 8.59. The Balaban J connectivity index is 1.69. The van der Waals surface area contributed by atoms with Gasteiger partial charge in [0.2, 0.25) is 0 Å². The van der Waals surface area contributed by atoms with E-state index in [1.54, 1.807) is 23.1 Å². The van der Waals surface area contributed by atoms with Crippen molar-refractivity contribution in [2.24, 2.45) is 4.99 Å². The van der Waals surface area contributed by atoms with Crippen molar-refractivity contribution in [3.05, 3.63) is 64.1 Å². The summed E-state index contributed by atoms with van der Waals surface area (Å²) in [6, 6.07) is 14.0. The average molecular weight is 455 g/mol. The van der Waals surface area contributed by atoms with Gasteiger partial charge in [-0.05, 0) is 23.8 Å². The zero-order valence-electron chi connectivity index (χ0n) is 14.6. The molecule has 0 unspecified atom stereocenters. The summed E-state index contributed by atoms with van der Waals surface area (Å²) in [4.78, 5) is 18.6. The minimum Gasteiger partial charge on any atom is -0.314 e. The lowest BCUT2D eigenvalue weighted by Crippen LogP contribution is -2.38. The second-order valence-corrected chi connectivity index (χ2v) is 10.9. The maximum Gasteiger partial charge on any atom is 0.252 e. The topological polar surface area (TPSA) is 66.8 Å². The molecular formula is C19H16Cl2N2O3S2. The van der Waals surface area contributed by atoms with E-state index in [1.807, 2.05) is 30.3 Å². The van der Waals surface area contributed by atoms with E-state index in [0.29, 0.717) is 20.9 Å². The molecule has 0 aliphatic carbocycles. The number of nitrogens with zero attached hydrogens (tertiary/aromatic N) is 2. The van der Waals surface area contributed by atoms with E-state index in [1.165, 1.54) is 11.8 Å². The van der Waals surface area contributed by atoms with E-state index >= 15 is 0 Å². The molecule has 9 heteroatoms. The Bertz CT molecular complexity index is 1060. The van der Waals surface area contributed by atoms with E-state index in [4.69, 9.17) is 23.2 Å². The lowest BCUT2D eigenvalue weighted by Gasteiger charge is -2.25. The van der Waals surface area contributed by atoms with E-state index in [9.17, 15) is 13.2 Å². The Kier molecular flexibility index (Phi) is 5.44. The maximum absolute atomic E-state index is 12.5. The molecule has 2 atom stereocenters. The lowest BCUT2D eigenvalue weighted by molar-refractivity contribution is -0.117. The Labute approximate surface area is 177 Å². The minimum absolute atomic E-state index is 0.000591. The fourth-order valence-corrected chi connectivity index (χ4v) is 7.73. The summed E-state index contributed by atoms with van der Waals surface area (Å²) in [5.41, 5.74) is 1.44. The number of fused-ring (bicyclic) bond motifs is 1.